The first-order chi connectivity index (χ1) is 34.8. The molecule has 0 N–H and O–H groups in total. The van der Waals surface area contributed by atoms with Gasteiger partial charge >= 0.3 is 0 Å². The fourth-order valence-electron chi connectivity index (χ4n) is 11.8. The third kappa shape index (κ3) is 5.39. The third-order valence-electron chi connectivity index (χ3n) is 14.6. The van der Waals surface area contributed by atoms with Crippen molar-refractivity contribution < 1.29 is 0 Å². The normalized spacial score (nSPS) is 13.1. The first kappa shape index (κ1) is 39.2. The molecule has 0 saturated heterocycles. The van der Waals surface area contributed by atoms with Gasteiger partial charge in [0.2, 0.25) is 0 Å². The molecule has 2 aliphatic heterocycles. The molecule has 0 unspecified atom stereocenters. The first-order valence-electron chi connectivity index (χ1n) is 23.7. The quantitative estimate of drug-likeness (QED) is 0.159. The Labute approximate surface area is 419 Å². The van der Waals surface area contributed by atoms with Crippen molar-refractivity contribution in [3.63, 3.8) is 0 Å². The van der Waals surface area contributed by atoms with Gasteiger partial charge in [-0.2, -0.15) is 0 Å². The van der Waals surface area contributed by atoms with Crippen LogP contribution >= 0.6 is 45.3 Å². The second kappa shape index (κ2) is 14.9. The summed E-state index contributed by atoms with van der Waals surface area (Å²) in [5.74, 6) is 0. The van der Waals surface area contributed by atoms with Crippen LogP contribution < -0.4 is 26.2 Å². The molecule has 9 aromatic carbocycles. The van der Waals surface area contributed by atoms with Crippen LogP contribution in [0, 0.1) is 0 Å². The second-order valence-electron chi connectivity index (χ2n) is 18.3. The van der Waals surface area contributed by atoms with E-state index < -0.39 is 0 Å². The van der Waals surface area contributed by atoms with E-state index in [0.717, 1.165) is 5.69 Å². The Morgan fingerprint density at radius 2 is 0.671 bits per heavy atom. The number of benzene rings is 9. The lowest BCUT2D eigenvalue weighted by atomic mass is 9.33. The molecule has 0 atom stereocenters. The monoisotopic (exact) mass is 961 g/mol. The number of anilines is 6. The third-order valence-corrected chi connectivity index (χ3v) is 19.4. The van der Waals surface area contributed by atoms with Crippen molar-refractivity contribution in [3.8, 4) is 26.6 Å². The lowest BCUT2D eigenvalue weighted by molar-refractivity contribution is 1.17. The smallest absolute Gasteiger partial charge is 0.256 e. The SMILES string of the molecule is c1ccc(-c2sc3ccccc3c2N2c3cc(-n4c5ccccc5c5ccccc54)cc4c3B(c3c2sc2ccccc32)c2c(sc3ccccc23)N4c2c(-c3ccccc3)sc3ccccc23)cc1. The Morgan fingerprint density at radius 1 is 0.314 bits per heavy atom. The number of hydrogen-bond donors (Lipinski definition) is 0. The number of aromatic nitrogens is 1. The highest BCUT2D eigenvalue weighted by atomic mass is 32.1. The molecule has 70 heavy (non-hydrogen) atoms. The molecule has 0 aliphatic carbocycles. The minimum atomic E-state index is -0.0443. The van der Waals surface area contributed by atoms with Gasteiger partial charge in [0.15, 0.2) is 0 Å². The van der Waals surface area contributed by atoms with Crippen molar-refractivity contribution in [1.29, 1.82) is 0 Å². The van der Waals surface area contributed by atoms with Crippen LogP contribution in [0.25, 0.3) is 88.7 Å². The van der Waals surface area contributed by atoms with Gasteiger partial charge in [-0.25, -0.2) is 0 Å². The number of hydrogen-bond acceptors (Lipinski definition) is 6. The standard InChI is InChI=1S/C62H36BN3S4/c1-3-19-37(20-4-1)59-57(44-27-11-17-33-52(44)67-59)65-48-35-39(64-46-29-13-7-23-40(46)41-24-8-14-30-47(41)64)36-49-56(48)63(54-42-25-9-15-31-50(42)69-61(54)65)55-43-26-10-16-32-51(43)70-62(55)66(49)58-45-28-12-18-34-53(45)68-60(58)38-21-5-2-6-22-38/h1-36H. The molecule has 0 fully saturated rings. The van der Waals surface area contributed by atoms with Crippen molar-refractivity contribution in [2.24, 2.45) is 0 Å². The largest absolute Gasteiger partial charge is 0.309 e. The molecule has 0 spiro atoms. The van der Waals surface area contributed by atoms with Crippen molar-refractivity contribution in [2.45, 2.75) is 0 Å². The molecule has 8 heteroatoms. The van der Waals surface area contributed by atoms with Crippen molar-refractivity contribution >= 4 is 163 Å². The minimum absolute atomic E-state index is 0.0443. The summed E-state index contributed by atoms with van der Waals surface area (Å²) in [6.45, 7) is -0.0443. The Kier molecular flexibility index (Phi) is 8.33. The molecule has 0 radical (unpaired) electrons. The summed E-state index contributed by atoms with van der Waals surface area (Å²) in [5, 5.41) is 10.2. The molecule has 326 valence electrons. The predicted octanol–water partition coefficient (Wildman–Crippen LogP) is 17.1. The van der Waals surface area contributed by atoms with Gasteiger partial charge in [0, 0.05) is 51.7 Å². The Hall–Kier alpha value is -7.72. The van der Waals surface area contributed by atoms with E-state index in [1.165, 1.54) is 132 Å². The zero-order chi connectivity index (χ0) is 45.6. The van der Waals surface area contributed by atoms with E-state index >= 15 is 0 Å². The van der Waals surface area contributed by atoms with E-state index in [0.29, 0.717) is 0 Å². The molecule has 16 rings (SSSR count). The zero-order valence-corrected chi connectivity index (χ0v) is 40.6. The molecule has 7 heterocycles. The Morgan fingerprint density at radius 3 is 1.11 bits per heavy atom. The maximum absolute atomic E-state index is 2.70. The highest BCUT2D eigenvalue weighted by Gasteiger charge is 2.48. The van der Waals surface area contributed by atoms with Crippen LogP contribution in [0.1, 0.15) is 0 Å². The van der Waals surface area contributed by atoms with E-state index in [1.807, 2.05) is 45.3 Å². The Bertz CT molecular complexity index is 4180. The van der Waals surface area contributed by atoms with Gasteiger partial charge < -0.3 is 14.4 Å². The molecule has 14 aromatic rings. The molecular formula is C62H36BN3S4. The van der Waals surface area contributed by atoms with E-state index in [-0.39, 0.29) is 6.71 Å². The average Bonchev–Trinajstić information content (AvgIpc) is 4.25. The van der Waals surface area contributed by atoms with Crippen molar-refractivity contribution in [2.75, 3.05) is 9.80 Å². The van der Waals surface area contributed by atoms with E-state index in [1.54, 1.807) is 0 Å². The van der Waals surface area contributed by atoms with Gasteiger partial charge in [0.05, 0.1) is 47.9 Å². The number of nitrogens with zero attached hydrogens (tertiary/aromatic N) is 3. The van der Waals surface area contributed by atoms with Crippen LogP contribution in [0.15, 0.2) is 218 Å². The first-order valence-corrected chi connectivity index (χ1v) is 27.0. The van der Waals surface area contributed by atoms with Gasteiger partial charge in [0.25, 0.3) is 6.71 Å². The minimum Gasteiger partial charge on any atom is -0.309 e. The predicted molar refractivity (Wildman–Crippen MR) is 307 cm³/mol. The molecule has 5 aromatic heterocycles. The van der Waals surface area contributed by atoms with Gasteiger partial charge in [-0.05, 0) is 86.8 Å². The topological polar surface area (TPSA) is 11.4 Å². The van der Waals surface area contributed by atoms with Crippen LogP contribution in [0.5, 0.6) is 0 Å². The molecule has 0 amide bonds. The summed E-state index contributed by atoms with van der Waals surface area (Å²) in [6, 6.07) is 81.6. The highest BCUT2D eigenvalue weighted by Crippen LogP contribution is 2.58. The van der Waals surface area contributed by atoms with Crippen LogP contribution in [0.2, 0.25) is 0 Å². The van der Waals surface area contributed by atoms with Crippen LogP contribution in [0.3, 0.4) is 0 Å². The Balaban J connectivity index is 1.13. The summed E-state index contributed by atoms with van der Waals surface area (Å²) < 4.78 is 7.68. The lowest BCUT2D eigenvalue weighted by Gasteiger charge is -2.42. The van der Waals surface area contributed by atoms with Gasteiger partial charge in [-0.1, -0.05) is 170 Å². The number of thiophene rings is 4. The summed E-state index contributed by atoms with van der Waals surface area (Å²) in [5.41, 5.74) is 15.0. The maximum Gasteiger partial charge on any atom is 0.256 e. The zero-order valence-electron chi connectivity index (χ0n) is 37.3. The summed E-state index contributed by atoms with van der Waals surface area (Å²) in [7, 11) is 0. The van der Waals surface area contributed by atoms with Crippen molar-refractivity contribution in [3.05, 3.63) is 218 Å². The lowest BCUT2D eigenvalue weighted by Crippen LogP contribution is -2.60. The van der Waals surface area contributed by atoms with Crippen molar-refractivity contribution in [1.82, 2.24) is 4.57 Å². The highest BCUT2D eigenvalue weighted by molar-refractivity contribution is 7.30. The molecule has 0 bridgehead atoms. The maximum atomic E-state index is 2.70. The number of para-hydroxylation sites is 2. The van der Waals surface area contributed by atoms with Gasteiger partial charge in [0.1, 0.15) is 0 Å². The van der Waals surface area contributed by atoms with Gasteiger partial charge in [-0.3, -0.25) is 0 Å². The average molecular weight is 962 g/mol. The summed E-state index contributed by atoms with van der Waals surface area (Å²) in [6.07, 6.45) is 0. The number of fused-ring (bicyclic) bond motifs is 13. The molecule has 0 saturated carbocycles. The van der Waals surface area contributed by atoms with E-state index in [4.69, 9.17) is 0 Å². The van der Waals surface area contributed by atoms with Crippen LogP contribution in [-0.2, 0) is 0 Å². The van der Waals surface area contributed by atoms with Gasteiger partial charge in [-0.15, -0.1) is 45.3 Å². The molecule has 2 aliphatic rings. The number of rotatable bonds is 5. The second-order valence-corrected chi connectivity index (χ2v) is 22.5. The fourth-order valence-corrected chi connectivity index (χ4v) is 16.7. The van der Waals surface area contributed by atoms with E-state index in [2.05, 4.69) is 233 Å². The summed E-state index contributed by atoms with van der Waals surface area (Å²) in [4.78, 5) is 7.94. The van der Waals surface area contributed by atoms with Crippen LogP contribution in [-0.4, -0.2) is 11.3 Å². The van der Waals surface area contributed by atoms with Crippen LogP contribution in [0.4, 0.5) is 32.8 Å². The molecular weight excluding hydrogens is 926 g/mol. The fraction of sp³-hybridized carbons (Fsp3) is 0. The van der Waals surface area contributed by atoms with E-state index in [9.17, 15) is 0 Å². The summed E-state index contributed by atoms with van der Waals surface area (Å²) >= 11 is 7.67. The molecule has 3 nitrogen and oxygen atoms in total.